The molecule has 1 atom stereocenters. The number of nitrogens with zero attached hydrogens (tertiary/aromatic N) is 5. The first-order valence-electron chi connectivity index (χ1n) is 14.3. The molecule has 2 aliphatic rings. The van der Waals surface area contributed by atoms with Crippen LogP contribution in [0.5, 0.6) is 0 Å². The van der Waals surface area contributed by atoms with Crippen molar-refractivity contribution in [1.29, 1.82) is 0 Å². The number of hydrogen-bond acceptors (Lipinski definition) is 5. The van der Waals surface area contributed by atoms with Crippen LogP contribution in [0.1, 0.15) is 71.1 Å². The Kier molecular flexibility index (Phi) is 10.5. The maximum atomic E-state index is 12.0. The van der Waals surface area contributed by atoms with Crippen LogP contribution in [0.4, 0.5) is 5.95 Å². The Balaban J connectivity index is 1.61. The molecule has 3 heterocycles. The first-order valence-corrected chi connectivity index (χ1v) is 14.7. The number of unbranched alkanes of at least 4 members (excludes halogenated alkanes) is 2. The Bertz CT molecular complexity index is 1010. The fourth-order valence-electron chi connectivity index (χ4n) is 5.82. The molecule has 37 heavy (non-hydrogen) atoms. The summed E-state index contributed by atoms with van der Waals surface area (Å²) in [5, 5.41) is 0.720. The molecular weight excluding hydrogens is 482 g/mol. The van der Waals surface area contributed by atoms with E-state index in [0.29, 0.717) is 6.04 Å². The number of hydrogen-bond donors (Lipinski definition) is 0. The molecule has 0 bridgehead atoms. The van der Waals surface area contributed by atoms with Crippen molar-refractivity contribution < 1.29 is 4.79 Å². The Labute approximate surface area is 228 Å². The molecule has 0 amide bonds. The van der Waals surface area contributed by atoms with E-state index >= 15 is 0 Å². The van der Waals surface area contributed by atoms with Crippen molar-refractivity contribution in [3.8, 4) is 11.3 Å². The Morgan fingerprint density at radius 1 is 1.08 bits per heavy atom. The lowest BCUT2D eigenvalue weighted by molar-refractivity contribution is -0.104. The molecule has 2 aromatic rings. The normalized spacial score (nSPS) is 19.3. The van der Waals surface area contributed by atoms with Gasteiger partial charge in [-0.2, -0.15) is 0 Å². The summed E-state index contributed by atoms with van der Waals surface area (Å²) < 4.78 is 2.10. The molecule has 1 aromatic heterocycles. The van der Waals surface area contributed by atoms with Crippen molar-refractivity contribution in [1.82, 2.24) is 19.4 Å². The zero-order valence-electron chi connectivity index (χ0n) is 22.7. The minimum atomic E-state index is 0.451. The summed E-state index contributed by atoms with van der Waals surface area (Å²) in [5.74, 6) is 1.89. The number of allylic oxidation sites excluding steroid dienone is 1. The minimum Gasteiger partial charge on any atom is -0.355 e. The number of aromatic nitrogens is 2. The van der Waals surface area contributed by atoms with Gasteiger partial charge < -0.3 is 14.4 Å². The Morgan fingerprint density at radius 3 is 2.57 bits per heavy atom. The van der Waals surface area contributed by atoms with Crippen LogP contribution in [-0.2, 0) is 11.8 Å². The molecule has 0 aliphatic carbocycles. The highest BCUT2D eigenvalue weighted by atomic mass is 35.5. The van der Waals surface area contributed by atoms with E-state index in [1.54, 1.807) is 6.08 Å². The maximum absolute atomic E-state index is 12.0. The van der Waals surface area contributed by atoms with E-state index in [1.165, 1.54) is 45.2 Å². The Morgan fingerprint density at radius 2 is 1.84 bits per heavy atom. The number of aryl methyl sites for hydroxylation is 1. The zero-order valence-corrected chi connectivity index (χ0v) is 23.5. The van der Waals surface area contributed by atoms with Crippen molar-refractivity contribution in [2.45, 2.75) is 77.2 Å². The molecule has 1 aromatic carbocycles. The number of likely N-dealkylation sites (tertiary alicyclic amines) is 2. The fourth-order valence-corrected chi connectivity index (χ4v) is 5.95. The predicted octanol–water partition coefficient (Wildman–Crippen LogP) is 6.51. The fraction of sp³-hybridized carbons (Fsp3) is 0.600. The first-order chi connectivity index (χ1) is 18.1. The van der Waals surface area contributed by atoms with E-state index in [0.717, 1.165) is 86.1 Å². The van der Waals surface area contributed by atoms with E-state index in [9.17, 15) is 4.79 Å². The lowest BCUT2D eigenvalue weighted by atomic mass is 9.98. The van der Waals surface area contributed by atoms with Gasteiger partial charge in [0, 0.05) is 55.6 Å². The zero-order chi connectivity index (χ0) is 26.0. The number of rotatable bonds is 12. The quantitative estimate of drug-likeness (QED) is 0.179. The van der Waals surface area contributed by atoms with Crippen LogP contribution >= 0.6 is 11.6 Å². The van der Waals surface area contributed by atoms with E-state index in [-0.39, 0.29) is 0 Å². The van der Waals surface area contributed by atoms with Crippen LogP contribution in [0, 0.1) is 0 Å². The number of anilines is 1. The molecular formula is C30H44ClN5O. The molecule has 2 aliphatic heterocycles. The van der Waals surface area contributed by atoms with E-state index in [1.807, 2.05) is 24.3 Å². The van der Waals surface area contributed by atoms with Crippen molar-refractivity contribution in [2.24, 2.45) is 7.05 Å². The Hall–Kier alpha value is -2.31. The van der Waals surface area contributed by atoms with Crippen LogP contribution in [-0.4, -0.2) is 64.4 Å². The number of carbonyl (C=O) groups is 1. The van der Waals surface area contributed by atoms with Gasteiger partial charge in [0.05, 0.1) is 5.69 Å². The van der Waals surface area contributed by atoms with Gasteiger partial charge in [0.25, 0.3) is 0 Å². The molecule has 4 rings (SSSR count). The maximum Gasteiger partial charge on any atom is 0.211 e. The van der Waals surface area contributed by atoms with Gasteiger partial charge in [0.15, 0.2) is 0 Å². The average molecular weight is 526 g/mol. The average Bonchev–Trinajstić information content (AvgIpc) is 3.31. The van der Waals surface area contributed by atoms with Crippen LogP contribution in [0.2, 0.25) is 5.02 Å². The standard InChI is InChI=1S/C30H44ClN5O/c1-3-4-7-21-36(30-32-28(24-33(30)2)25-12-14-26(31)15-13-25)29(17-23-37)35-20-10-6-11-27(35)16-22-34-18-8-5-9-19-34/h12-15,17,23-24,27H,3-11,16,18-22H2,1-2H3/b29-17-. The summed E-state index contributed by atoms with van der Waals surface area (Å²) in [4.78, 5) is 24.5. The van der Waals surface area contributed by atoms with Gasteiger partial charge in [-0.05, 0) is 70.2 Å². The van der Waals surface area contributed by atoms with Gasteiger partial charge in [0.2, 0.25) is 5.95 Å². The summed E-state index contributed by atoms with van der Waals surface area (Å²) >= 11 is 6.13. The predicted molar refractivity (Wildman–Crippen MR) is 154 cm³/mol. The minimum absolute atomic E-state index is 0.451. The van der Waals surface area contributed by atoms with Gasteiger partial charge in [-0.1, -0.05) is 49.9 Å². The molecule has 202 valence electrons. The lowest BCUT2D eigenvalue weighted by Crippen LogP contribution is -2.47. The number of imidazole rings is 1. The van der Waals surface area contributed by atoms with Gasteiger partial charge in [-0.15, -0.1) is 0 Å². The third kappa shape index (κ3) is 7.38. The SMILES string of the molecule is CCCCCN(/C(=C\C=O)N1CCCCC1CCN1CCCCC1)c1nc(-c2ccc(Cl)cc2)cn1C. The number of aldehydes is 1. The van der Waals surface area contributed by atoms with Gasteiger partial charge >= 0.3 is 0 Å². The topological polar surface area (TPSA) is 44.6 Å². The highest BCUT2D eigenvalue weighted by Crippen LogP contribution is 2.31. The number of piperidine rings is 2. The van der Waals surface area contributed by atoms with Crippen molar-refractivity contribution in [3.63, 3.8) is 0 Å². The third-order valence-corrected chi connectivity index (χ3v) is 8.11. The second-order valence-corrected chi connectivity index (χ2v) is 11.0. The summed E-state index contributed by atoms with van der Waals surface area (Å²) in [7, 11) is 2.05. The van der Waals surface area contributed by atoms with Gasteiger partial charge in [-0.25, -0.2) is 4.98 Å². The second kappa shape index (κ2) is 14.0. The van der Waals surface area contributed by atoms with E-state index in [4.69, 9.17) is 16.6 Å². The molecule has 7 heteroatoms. The van der Waals surface area contributed by atoms with Crippen LogP contribution in [0.25, 0.3) is 11.3 Å². The third-order valence-electron chi connectivity index (χ3n) is 7.86. The van der Waals surface area contributed by atoms with Crippen LogP contribution in [0.15, 0.2) is 42.4 Å². The second-order valence-electron chi connectivity index (χ2n) is 10.6. The summed E-state index contributed by atoms with van der Waals surface area (Å²) in [6.07, 6.45) is 16.9. The number of carbonyl (C=O) groups excluding carboxylic acids is 1. The van der Waals surface area contributed by atoms with E-state index < -0.39 is 0 Å². The lowest BCUT2D eigenvalue weighted by Gasteiger charge is -2.43. The largest absolute Gasteiger partial charge is 0.355 e. The molecule has 0 saturated carbocycles. The van der Waals surface area contributed by atoms with Crippen LogP contribution < -0.4 is 4.90 Å². The summed E-state index contributed by atoms with van der Waals surface area (Å²) in [6, 6.07) is 8.29. The molecule has 2 fully saturated rings. The number of halogens is 1. The number of benzene rings is 1. The first kappa shape index (κ1) is 27.7. The highest BCUT2D eigenvalue weighted by molar-refractivity contribution is 6.30. The van der Waals surface area contributed by atoms with E-state index in [2.05, 4.69) is 39.4 Å². The molecule has 2 saturated heterocycles. The van der Waals surface area contributed by atoms with Crippen molar-refractivity contribution in [3.05, 3.63) is 47.4 Å². The molecule has 1 unspecified atom stereocenters. The van der Waals surface area contributed by atoms with Gasteiger partial charge in [0.1, 0.15) is 12.1 Å². The smallest absolute Gasteiger partial charge is 0.211 e. The monoisotopic (exact) mass is 525 g/mol. The highest BCUT2D eigenvalue weighted by Gasteiger charge is 2.30. The molecule has 0 N–H and O–H groups in total. The molecule has 0 spiro atoms. The van der Waals surface area contributed by atoms with Crippen molar-refractivity contribution in [2.75, 3.05) is 37.6 Å². The molecule has 0 radical (unpaired) electrons. The van der Waals surface area contributed by atoms with Crippen molar-refractivity contribution >= 4 is 23.8 Å². The summed E-state index contributed by atoms with van der Waals surface area (Å²) in [5.41, 5.74) is 1.96. The van der Waals surface area contributed by atoms with Gasteiger partial charge in [-0.3, -0.25) is 9.69 Å². The summed E-state index contributed by atoms with van der Waals surface area (Å²) in [6.45, 7) is 7.67. The van der Waals surface area contributed by atoms with Crippen LogP contribution in [0.3, 0.4) is 0 Å². The molecule has 6 nitrogen and oxygen atoms in total.